The molecule has 17 heavy (non-hydrogen) atoms. The average molecular weight is 360 g/mol. The first-order valence-electron chi connectivity index (χ1n) is 4.97. The molecule has 0 fully saturated rings. The van der Waals surface area contributed by atoms with Gasteiger partial charge in [0.15, 0.2) is 0 Å². The maximum Gasteiger partial charge on any atom is 0.136 e. The second-order valence-electron chi connectivity index (χ2n) is 3.49. The van der Waals surface area contributed by atoms with Gasteiger partial charge in [-0.1, -0.05) is 28.1 Å². The first kappa shape index (κ1) is 12.6. The topological polar surface area (TPSA) is 9.23 Å². The predicted octanol–water partition coefficient (Wildman–Crippen LogP) is 4.93. The number of hydrogen-bond donors (Lipinski definition) is 0. The molecule has 0 unspecified atom stereocenters. The van der Waals surface area contributed by atoms with Gasteiger partial charge < -0.3 is 4.74 Å². The van der Waals surface area contributed by atoms with E-state index in [1.165, 1.54) is 12.1 Å². The molecule has 0 bridgehead atoms. The van der Waals surface area contributed by atoms with Crippen LogP contribution in [0.4, 0.5) is 4.39 Å². The van der Waals surface area contributed by atoms with Crippen molar-refractivity contribution in [3.05, 3.63) is 62.8 Å². The SMILES string of the molecule is Fc1ccc(Br)c(OCc2ccc(Br)cc2)c1. The summed E-state index contributed by atoms with van der Waals surface area (Å²) in [4.78, 5) is 0. The molecule has 0 saturated heterocycles. The number of benzene rings is 2. The molecular weight excluding hydrogens is 351 g/mol. The second-order valence-corrected chi connectivity index (χ2v) is 5.26. The zero-order valence-corrected chi connectivity index (χ0v) is 12.0. The molecule has 0 atom stereocenters. The second kappa shape index (κ2) is 5.65. The molecule has 0 saturated carbocycles. The lowest BCUT2D eigenvalue weighted by Gasteiger charge is -2.08. The van der Waals surface area contributed by atoms with Gasteiger partial charge in [0.2, 0.25) is 0 Å². The number of hydrogen-bond acceptors (Lipinski definition) is 1. The molecule has 0 aliphatic heterocycles. The fourth-order valence-electron chi connectivity index (χ4n) is 1.33. The van der Waals surface area contributed by atoms with Gasteiger partial charge in [-0.3, -0.25) is 0 Å². The van der Waals surface area contributed by atoms with Crippen LogP contribution < -0.4 is 4.74 Å². The summed E-state index contributed by atoms with van der Waals surface area (Å²) < 4.78 is 20.3. The van der Waals surface area contributed by atoms with E-state index in [1.807, 2.05) is 24.3 Å². The maximum atomic E-state index is 13.0. The van der Waals surface area contributed by atoms with E-state index < -0.39 is 0 Å². The van der Waals surface area contributed by atoms with E-state index in [2.05, 4.69) is 31.9 Å². The van der Waals surface area contributed by atoms with Crippen molar-refractivity contribution in [2.45, 2.75) is 6.61 Å². The summed E-state index contributed by atoms with van der Waals surface area (Å²) in [5.41, 5.74) is 1.03. The van der Waals surface area contributed by atoms with Gasteiger partial charge in [0.1, 0.15) is 18.2 Å². The Balaban J connectivity index is 2.07. The third-order valence-corrected chi connectivity index (χ3v) is 3.38. The smallest absolute Gasteiger partial charge is 0.136 e. The van der Waals surface area contributed by atoms with E-state index in [4.69, 9.17) is 4.74 Å². The molecule has 0 N–H and O–H groups in total. The molecule has 2 rings (SSSR count). The minimum absolute atomic E-state index is 0.306. The van der Waals surface area contributed by atoms with Crippen molar-refractivity contribution in [2.24, 2.45) is 0 Å². The summed E-state index contributed by atoms with van der Waals surface area (Å²) >= 11 is 6.68. The molecule has 2 aromatic carbocycles. The highest BCUT2D eigenvalue weighted by Crippen LogP contribution is 2.26. The average Bonchev–Trinajstić information content (AvgIpc) is 2.32. The van der Waals surface area contributed by atoms with Gasteiger partial charge in [-0.2, -0.15) is 0 Å². The number of ether oxygens (including phenoxy) is 1. The van der Waals surface area contributed by atoms with Crippen molar-refractivity contribution in [1.82, 2.24) is 0 Å². The highest BCUT2D eigenvalue weighted by molar-refractivity contribution is 9.10. The summed E-state index contributed by atoms with van der Waals surface area (Å²) in [6.07, 6.45) is 0. The Hall–Kier alpha value is -0.870. The van der Waals surface area contributed by atoms with Crippen LogP contribution in [0.15, 0.2) is 51.4 Å². The fraction of sp³-hybridized carbons (Fsp3) is 0.0769. The van der Waals surface area contributed by atoms with Crippen LogP contribution in [0.25, 0.3) is 0 Å². The van der Waals surface area contributed by atoms with Crippen molar-refractivity contribution in [3.8, 4) is 5.75 Å². The highest BCUT2D eigenvalue weighted by atomic mass is 79.9. The Morgan fingerprint density at radius 2 is 1.71 bits per heavy atom. The zero-order chi connectivity index (χ0) is 12.3. The van der Waals surface area contributed by atoms with Gasteiger partial charge in [-0.05, 0) is 45.8 Å². The quantitative estimate of drug-likeness (QED) is 0.754. The number of rotatable bonds is 3. The first-order chi connectivity index (χ1) is 8.15. The van der Waals surface area contributed by atoms with E-state index in [0.717, 1.165) is 14.5 Å². The maximum absolute atomic E-state index is 13.0. The van der Waals surface area contributed by atoms with E-state index >= 15 is 0 Å². The molecule has 0 aliphatic carbocycles. The molecule has 88 valence electrons. The molecule has 0 aromatic heterocycles. The molecule has 0 radical (unpaired) electrons. The summed E-state index contributed by atoms with van der Waals surface area (Å²) in [6.45, 7) is 0.412. The normalized spacial score (nSPS) is 10.3. The van der Waals surface area contributed by atoms with E-state index in [1.54, 1.807) is 6.07 Å². The van der Waals surface area contributed by atoms with Crippen LogP contribution in [0, 0.1) is 5.82 Å². The van der Waals surface area contributed by atoms with Gasteiger partial charge in [-0.25, -0.2) is 4.39 Å². The molecule has 0 amide bonds. The van der Waals surface area contributed by atoms with Gasteiger partial charge in [0.25, 0.3) is 0 Å². The third kappa shape index (κ3) is 3.54. The zero-order valence-electron chi connectivity index (χ0n) is 8.79. The van der Waals surface area contributed by atoms with Crippen molar-refractivity contribution < 1.29 is 9.13 Å². The van der Waals surface area contributed by atoms with Crippen LogP contribution in [0.5, 0.6) is 5.75 Å². The predicted molar refractivity (Wildman–Crippen MR) is 72.6 cm³/mol. The first-order valence-corrected chi connectivity index (χ1v) is 6.56. The standard InChI is InChI=1S/C13H9Br2FO/c14-10-3-1-9(2-4-10)8-17-13-7-11(16)5-6-12(13)15/h1-7H,8H2. The molecule has 1 nitrogen and oxygen atoms in total. The lowest BCUT2D eigenvalue weighted by molar-refractivity contribution is 0.302. The third-order valence-electron chi connectivity index (χ3n) is 2.20. The van der Waals surface area contributed by atoms with Crippen molar-refractivity contribution in [1.29, 1.82) is 0 Å². The van der Waals surface area contributed by atoms with Crippen LogP contribution >= 0.6 is 31.9 Å². The van der Waals surface area contributed by atoms with Crippen molar-refractivity contribution in [3.63, 3.8) is 0 Å². The minimum Gasteiger partial charge on any atom is -0.488 e. The van der Waals surface area contributed by atoms with Crippen molar-refractivity contribution in [2.75, 3.05) is 0 Å². The Kier molecular flexibility index (Phi) is 4.18. The monoisotopic (exact) mass is 358 g/mol. The summed E-state index contributed by atoms with van der Waals surface area (Å²) in [5.74, 6) is 0.201. The molecular formula is C13H9Br2FO. The molecule has 0 heterocycles. The Labute approximate surface area is 116 Å². The Morgan fingerprint density at radius 3 is 2.41 bits per heavy atom. The van der Waals surface area contributed by atoms with Crippen LogP contribution in [0.1, 0.15) is 5.56 Å². The van der Waals surface area contributed by atoms with Gasteiger partial charge in [-0.15, -0.1) is 0 Å². The van der Waals surface area contributed by atoms with Crippen molar-refractivity contribution >= 4 is 31.9 Å². The van der Waals surface area contributed by atoms with Gasteiger partial charge in [0.05, 0.1) is 4.47 Å². The highest BCUT2D eigenvalue weighted by Gasteiger charge is 2.03. The summed E-state index contributed by atoms with van der Waals surface area (Å²) in [5, 5.41) is 0. The Morgan fingerprint density at radius 1 is 1.00 bits per heavy atom. The van der Waals surface area contributed by atoms with Gasteiger partial charge >= 0.3 is 0 Å². The Bertz CT molecular complexity index is 511. The molecule has 0 aliphatic rings. The molecule has 0 spiro atoms. The summed E-state index contributed by atoms with van der Waals surface area (Å²) in [6, 6.07) is 12.2. The molecule has 2 aromatic rings. The van der Waals surface area contributed by atoms with Crippen LogP contribution in [-0.4, -0.2) is 0 Å². The van der Waals surface area contributed by atoms with E-state index in [-0.39, 0.29) is 5.82 Å². The fourth-order valence-corrected chi connectivity index (χ4v) is 1.95. The van der Waals surface area contributed by atoms with Crippen LogP contribution in [0.3, 0.4) is 0 Å². The lowest BCUT2D eigenvalue weighted by atomic mass is 10.2. The largest absolute Gasteiger partial charge is 0.488 e. The van der Waals surface area contributed by atoms with Gasteiger partial charge in [0, 0.05) is 10.5 Å². The molecule has 4 heteroatoms. The lowest BCUT2D eigenvalue weighted by Crippen LogP contribution is -1.96. The van der Waals surface area contributed by atoms with Crippen LogP contribution in [-0.2, 0) is 6.61 Å². The summed E-state index contributed by atoms with van der Waals surface area (Å²) in [7, 11) is 0. The van der Waals surface area contributed by atoms with Crippen LogP contribution in [0.2, 0.25) is 0 Å². The van der Waals surface area contributed by atoms with E-state index in [9.17, 15) is 4.39 Å². The number of halogens is 3. The minimum atomic E-state index is -0.306. The van der Waals surface area contributed by atoms with E-state index in [0.29, 0.717) is 12.4 Å².